The van der Waals surface area contributed by atoms with Crippen LogP contribution < -0.4 is 4.74 Å². The standard InChI is InChI=1S/C14H7F13N4O3/c1-30-8(34-9(32)33)7(12(19,20)21)4(28-30)3-31-6(11(17,18)14(25,26)27)2-5(29-31)10(15,16)13(22,23)24/h2H,3H2,1H3,(H,32,33). The van der Waals surface area contributed by atoms with Crippen molar-refractivity contribution in [2.75, 3.05) is 0 Å². The highest BCUT2D eigenvalue weighted by Crippen LogP contribution is 2.48. The highest BCUT2D eigenvalue weighted by atomic mass is 19.4. The summed E-state index contributed by atoms with van der Waals surface area (Å²) in [4.78, 5) is 10.6. The first-order valence-electron chi connectivity index (χ1n) is 8.03. The van der Waals surface area contributed by atoms with Gasteiger partial charge in [-0.15, -0.1) is 0 Å². The SMILES string of the molecule is Cn1nc(Cn2nc(C(F)(F)C(F)(F)F)cc2C(F)(F)C(F)(F)F)c(C(F)(F)F)c1OC(=O)O. The molecule has 0 aliphatic heterocycles. The molecule has 0 unspecified atom stereocenters. The Morgan fingerprint density at radius 2 is 1.41 bits per heavy atom. The Morgan fingerprint density at radius 1 is 0.912 bits per heavy atom. The van der Waals surface area contributed by atoms with Gasteiger partial charge in [-0.25, -0.2) is 9.48 Å². The number of ether oxygens (including phenoxy) is 1. The van der Waals surface area contributed by atoms with Crippen molar-refractivity contribution in [1.29, 1.82) is 0 Å². The van der Waals surface area contributed by atoms with Crippen molar-refractivity contribution in [2.45, 2.75) is 36.9 Å². The molecule has 2 rings (SSSR count). The van der Waals surface area contributed by atoms with Crippen molar-refractivity contribution in [3.05, 3.63) is 28.7 Å². The highest BCUT2D eigenvalue weighted by molar-refractivity contribution is 5.61. The monoisotopic (exact) mass is 526 g/mol. The van der Waals surface area contributed by atoms with Gasteiger partial charge in [0, 0.05) is 7.05 Å². The molecule has 34 heavy (non-hydrogen) atoms. The van der Waals surface area contributed by atoms with Gasteiger partial charge in [-0.2, -0.15) is 67.3 Å². The summed E-state index contributed by atoms with van der Waals surface area (Å²) in [5, 5.41) is 13.9. The van der Waals surface area contributed by atoms with Crippen molar-refractivity contribution >= 4 is 6.16 Å². The zero-order valence-corrected chi connectivity index (χ0v) is 15.8. The molecule has 0 fully saturated rings. The van der Waals surface area contributed by atoms with Gasteiger partial charge in [0.15, 0.2) is 0 Å². The van der Waals surface area contributed by atoms with Crippen LogP contribution in [0.3, 0.4) is 0 Å². The quantitative estimate of drug-likeness (QED) is 0.436. The molecule has 0 amide bonds. The van der Waals surface area contributed by atoms with E-state index in [4.69, 9.17) is 5.11 Å². The number of carbonyl (C=O) groups is 1. The molecule has 0 saturated carbocycles. The molecular formula is C14H7F13N4O3. The first-order valence-corrected chi connectivity index (χ1v) is 8.03. The zero-order valence-electron chi connectivity index (χ0n) is 15.8. The molecule has 0 radical (unpaired) electrons. The van der Waals surface area contributed by atoms with E-state index in [2.05, 4.69) is 14.9 Å². The van der Waals surface area contributed by atoms with Crippen LogP contribution in [-0.4, -0.2) is 43.2 Å². The molecule has 0 bridgehead atoms. The van der Waals surface area contributed by atoms with Crippen LogP contribution in [0, 0.1) is 0 Å². The lowest BCUT2D eigenvalue weighted by Crippen LogP contribution is -2.36. The molecule has 0 aromatic carbocycles. The molecular weight excluding hydrogens is 519 g/mol. The Labute approximate surface area is 177 Å². The van der Waals surface area contributed by atoms with Crippen LogP contribution >= 0.6 is 0 Å². The van der Waals surface area contributed by atoms with Crippen LogP contribution in [0.2, 0.25) is 0 Å². The van der Waals surface area contributed by atoms with Gasteiger partial charge in [0.25, 0.3) is 0 Å². The third-order valence-electron chi connectivity index (χ3n) is 3.97. The van der Waals surface area contributed by atoms with Crippen molar-refractivity contribution in [2.24, 2.45) is 7.05 Å². The summed E-state index contributed by atoms with van der Waals surface area (Å²) in [6.07, 6.45) is -21.1. The molecule has 0 aliphatic rings. The van der Waals surface area contributed by atoms with Crippen molar-refractivity contribution in [1.82, 2.24) is 19.6 Å². The summed E-state index contributed by atoms with van der Waals surface area (Å²) in [7, 11) is 0.620. The minimum absolute atomic E-state index is 0.0581. The summed E-state index contributed by atoms with van der Waals surface area (Å²) < 4.78 is 174. The van der Waals surface area contributed by atoms with Gasteiger partial charge in [0.05, 0.1) is 6.54 Å². The third kappa shape index (κ3) is 4.69. The molecule has 1 N–H and O–H groups in total. The van der Waals surface area contributed by atoms with Gasteiger partial charge in [-0.3, -0.25) is 4.68 Å². The second-order valence-electron chi connectivity index (χ2n) is 6.33. The number of carboxylic acid groups (broad SMARTS) is 1. The van der Waals surface area contributed by atoms with E-state index in [1.54, 1.807) is 0 Å². The van der Waals surface area contributed by atoms with Crippen LogP contribution in [-0.2, 0) is 31.6 Å². The first kappa shape index (κ1) is 27.0. The van der Waals surface area contributed by atoms with Crippen LogP contribution in [0.15, 0.2) is 6.07 Å². The summed E-state index contributed by atoms with van der Waals surface area (Å²) in [6, 6.07) is -0.966. The lowest BCUT2D eigenvalue weighted by Gasteiger charge is -2.20. The number of hydrogen-bond acceptors (Lipinski definition) is 4. The number of hydrogen-bond donors (Lipinski definition) is 1. The van der Waals surface area contributed by atoms with Crippen LogP contribution in [0.5, 0.6) is 5.88 Å². The summed E-state index contributed by atoms with van der Waals surface area (Å²) in [5.41, 5.74) is -9.09. The van der Waals surface area contributed by atoms with Crippen molar-refractivity contribution in [3.8, 4) is 5.88 Å². The third-order valence-corrected chi connectivity index (χ3v) is 3.97. The minimum Gasteiger partial charge on any atom is -0.449 e. The Bertz CT molecular complexity index is 1080. The van der Waals surface area contributed by atoms with E-state index in [1.807, 2.05) is 0 Å². The zero-order chi connectivity index (χ0) is 26.7. The maximum absolute atomic E-state index is 13.9. The van der Waals surface area contributed by atoms with E-state index in [0.717, 1.165) is 0 Å². The van der Waals surface area contributed by atoms with E-state index < -0.39 is 82.3 Å². The molecule has 192 valence electrons. The van der Waals surface area contributed by atoms with Gasteiger partial charge in [0.1, 0.15) is 22.6 Å². The number of rotatable bonds is 5. The van der Waals surface area contributed by atoms with Crippen LogP contribution in [0.25, 0.3) is 0 Å². The van der Waals surface area contributed by atoms with E-state index in [9.17, 15) is 61.9 Å². The van der Waals surface area contributed by atoms with Crippen molar-refractivity contribution < 1.29 is 71.7 Å². The summed E-state index contributed by atoms with van der Waals surface area (Å²) in [5.74, 6) is -13.8. The predicted octanol–water partition coefficient (Wildman–Crippen LogP) is 5.05. The molecule has 0 atom stereocenters. The predicted molar refractivity (Wildman–Crippen MR) is 78.1 cm³/mol. The smallest absolute Gasteiger partial charge is 0.449 e. The van der Waals surface area contributed by atoms with E-state index in [-0.39, 0.29) is 4.68 Å². The van der Waals surface area contributed by atoms with Gasteiger partial charge in [0.2, 0.25) is 5.88 Å². The lowest BCUT2D eigenvalue weighted by atomic mass is 10.1. The second-order valence-corrected chi connectivity index (χ2v) is 6.33. The number of alkyl halides is 13. The Kier molecular flexibility index (Phi) is 6.30. The second kappa shape index (κ2) is 7.93. The van der Waals surface area contributed by atoms with Crippen LogP contribution in [0.1, 0.15) is 22.6 Å². The average molecular weight is 526 g/mol. The average Bonchev–Trinajstić information content (AvgIpc) is 3.14. The lowest BCUT2D eigenvalue weighted by molar-refractivity contribution is -0.292. The van der Waals surface area contributed by atoms with E-state index >= 15 is 0 Å². The number of nitrogens with zero attached hydrogens (tertiary/aromatic N) is 4. The van der Waals surface area contributed by atoms with E-state index in [1.165, 1.54) is 0 Å². The topological polar surface area (TPSA) is 82.2 Å². The van der Waals surface area contributed by atoms with Gasteiger partial charge in [-0.05, 0) is 6.07 Å². The largest absolute Gasteiger partial charge is 0.512 e. The van der Waals surface area contributed by atoms with Gasteiger partial charge < -0.3 is 9.84 Å². The fraction of sp³-hybridized carbons (Fsp3) is 0.500. The Balaban J connectivity index is 2.79. The normalized spacial score (nSPS) is 13.9. The van der Waals surface area contributed by atoms with Gasteiger partial charge in [-0.1, -0.05) is 0 Å². The number of halogens is 13. The fourth-order valence-corrected chi connectivity index (χ4v) is 2.53. The van der Waals surface area contributed by atoms with Gasteiger partial charge >= 0.3 is 36.5 Å². The molecule has 2 aromatic rings. The number of aromatic nitrogens is 4. The molecule has 20 heteroatoms. The van der Waals surface area contributed by atoms with Crippen LogP contribution in [0.4, 0.5) is 61.9 Å². The molecule has 2 aromatic heterocycles. The highest BCUT2D eigenvalue weighted by Gasteiger charge is 2.64. The molecule has 2 heterocycles. The number of aryl methyl sites for hydroxylation is 1. The maximum atomic E-state index is 13.9. The Hall–Kier alpha value is -3.22. The first-order chi connectivity index (χ1) is 15.0. The molecule has 0 aliphatic carbocycles. The van der Waals surface area contributed by atoms with E-state index in [0.29, 0.717) is 7.05 Å². The Morgan fingerprint density at radius 3 is 1.82 bits per heavy atom. The minimum atomic E-state index is -6.59. The van der Waals surface area contributed by atoms with Crippen molar-refractivity contribution in [3.63, 3.8) is 0 Å². The fourth-order valence-electron chi connectivity index (χ4n) is 2.53. The molecule has 7 nitrogen and oxygen atoms in total. The molecule has 0 saturated heterocycles. The molecule has 0 spiro atoms. The maximum Gasteiger partial charge on any atom is 0.512 e. The summed E-state index contributed by atoms with van der Waals surface area (Å²) in [6.45, 7) is -1.97. The summed E-state index contributed by atoms with van der Waals surface area (Å²) >= 11 is 0.